The van der Waals surface area contributed by atoms with Gasteiger partial charge in [0, 0.05) is 10.9 Å². The summed E-state index contributed by atoms with van der Waals surface area (Å²) >= 11 is 1.81. The summed E-state index contributed by atoms with van der Waals surface area (Å²) in [5.41, 5.74) is 4.36. The molecular weight excluding hydrogens is 216 g/mol. The van der Waals surface area contributed by atoms with Gasteiger partial charge in [0.2, 0.25) is 0 Å². The average molecular weight is 238 g/mol. The standard InChI is InChI=1S/C13H22N2S/c1-10-7-12(9-16-10)13(15-14)8-11-5-3-2-4-6-11/h7,9,11,13,15H,2-6,8,14H2,1H3. The Labute approximate surface area is 102 Å². The van der Waals surface area contributed by atoms with Crippen LogP contribution in [-0.4, -0.2) is 0 Å². The van der Waals surface area contributed by atoms with E-state index in [4.69, 9.17) is 5.84 Å². The second-order valence-electron chi connectivity index (χ2n) is 4.95. The number of hydrogen-bond donors (Lipinski definition) is 2. The van der Waals surface area contributed by atoms with Crippen molar-refractivity contribution in [3.63, 3.8) is 0 Å². The fourth-order valence-corrected chi connectivity index (χ4v) is 3.46. The molecule has 2 rings (SSSR count). The van der Waals surface area contributed by atoms with Crippen molar-refractivity contribution in [3.8, 4) is 0 Å². The summed E-state index contributed by atoms with van der Waals surface area (Å²) in [6.07, 6.45) is 8.22. The molecule has 90 valence electrons. The lowest BCUT2D eigenvalue weighted by Crippen LogP contribution is -2.29. The Morgan fingerprint density at radius 2 is 2.19 bits per heavy atom. The molecule has 3 N–H and O–H groups in total. The number of nitrogens with one attached hydrogen (secondary N) is 1. The molecule has 2 nitrogen and oxygen atoms in total. The zero-order valence-electron chi connectivity index (χ0n) is 10.0. The molecule has 1 aliphatic rings. The van der Waals surface area contributed by atoms with Crippen LogP contribution in [0.5, 0.6) is 0 Å². The van der Waals surface area contributed by atoms with Gasteiger partial charge in [-0.1, -0.05) is 32.1 Å². The van der Waals surface area contributed by atoms with Crippen LogP contribution in [0.15, 0.2) is 11.4 Å². The summed E-state index contributed by atoms with van der Waals surface area (Å²) in [7, 11) is 0. The maximum atomic E-state index is 5.69. The number of aryl methyl sites for hydroxylation is 1. The first kappa shape index (κ1) is 12.1. The second kappa shape index (κ2) is 5.80. The Bertz CT molecular complexity index is 315. The SMILES string of the molecule is Cc1cc(C(CC2CCCCC2)NN)cs1. The lowest BCUT2D eigenvalue weighted by molar-refractivity contribution is 0.301. The third-order valence-electron chi connectivity index (χ3n) is 3.65. The van der Waals surface area contributed by atoms with Crippen LogP contribution in [0.3, 0.4) is 0 Å². The third kappa shape index (κ3) is 3.06. The van der Waals surface area contributed by atoms with E-state index in [0.717, 1.165) is 5.92 Å². The first-order valence-electron chi connectivity index (χ1n) is 6.30. The van der Waals surface area contributed by atoms with E-state index < -0.39 is 0 Å². The van der Waals surface area contributed by atoms with E-state index in [0.29, 0.717) is 6.04 Å². The summed E-state index contributed by atoms with van der Waals surface area (Å²) in [6, 6.07) is 2.62. The van der Waals surface area contributed by atoms with Gasteiger partial charge in [-0.25, -0.2) is 0 Å². The summed E-state index contributed by atoms with van der Waals surface area (Å²) in [6.45, 7) is 2.16. The van der Waals surface area contributed by atoms with Crippen LogP contribution in [0.4, 0.5) is 0 Å². The zero-order chi connectivity index (χ0) is 11.4. The predicted octanol–water partition coefficient (Wildman–Crippen LogP) is 3.53. The van der Waals surface area contributed by atoms with Crippen LogP contribution in [0, 0.1) is 12.8 Å². The van der Waals surface area contributed by atoms with Gasteiger partial charge in [-0.15, -0.1) is 11.3 Å². The molecule has 0 radical (unpaired) electrons. The minimum Gasteiger partial charge on any atom is -0.271 e. The lowest BCUT2D eigenvalue weighted by Gasteiger charge is -2.25. The molecule has 3 heteroatoms. The van der Waals surface area contributed by atoms with Gasteiger partial charge >= 0.3 is 0 Å². The fraction of sp³-hybridized carbons (Fsp3) is 0.692. The molecule has 1 saturated carbocycles. The number of hydrazine groups is 1. The molecule has 1 atom stereocenters. The largest absolute Gasteiger partial charge is 0.271 e. The highest BCUT2D eigenvalue weighted by Crippen LogP contribution is 2.32. The molecule has 0 aliphatic heterocycles. The summed E-state index contributed by atoms with van der Waals surface area (Å²) < 4.78 is 0. The van der Waals surface area contributed by atoms with Crippen LogP contribution in [0.25, 0.3) is 0 Å². The van der Waals surface area contributed by atoms with Gasteiger partial charge < -0.3 is 0 Å². The van der Waals surface area contributed by atoms with Crippen molar-refractivity contribution in [2.45, 2.75) is 51.5 Å². The Kier molecular flexibility index (Phi) is 4.38. The van der Waals surface area contributed by atoms with E-state index in [1.807, 2.05) is 11.3 Å². The fourth-order valence-electron chi connectivity index (χ4n) is 2.70. The van der Waals surface area contributed by atoms with Gasteiger partial charge in [-0.3, -0.25) is 11.3 Å². The molecule has 0 amide bonds. The van der Waals surface area contributed by atoms with Crippen LogP contribution < -0.4 is 11.3 Å². The maximum absolute atomic E-state index is 5.69. The monoisotopic (exact) mass is 238 g/mol. The highest BCUT2D eigenvalue weighted by Gasteiger charge is 2.19. The van der Waals surface area contributed by atoms with Crippen LogP contribution in [0.2, 0.25) is 0 Å². The van der Waals surface area contributed by atoms with E-state index >= 15 is 0 Å². The van der Waals surface area contributed by atoms with Crippen molar-refractivity contribution in [1.29, 1.82) is 0 Å². The van der Waals surface area contributed by atoms with E-state index in [2.05, 4.69) is 23.8 Å². The summed E-state index contributed by atoms with van der Waals surface area (Å²) in [4.78, 5) is 1.37. The number of rotatable bonds is 4. The highest BCUT2D eigenvalue weighted by molar-refractivity contribution is 7.10. The van der Waals surface area contributed by atoms with Gasteiger partial charge in [0.25, 0.3) is 0 Å². The Balaban J connectivity index is 1.94. The van der Waals surface area contributed by atoms with Crippen molar-refractivity contribution >= 4 is 11.3 Å². The molecule has 1 aliphatic carbocycles. The van der Waals surface area contributed by atoms with Crippen molar-refractivity contribution in [3.05, 3.63) is 21.9 Å². The first-order valence-corrected chi connectivity index (χ1v) is 7.18. The first-order chi connectivity index (χ1) is 7.79. The van der Waals surface area contributed by atoms with Crippen LogP contribution in [0.1, 0.15) is 55.0 Å². The second-order valence-corrected chi connectivity index (χ2v) is 6.07. The molecule has 1 aromatic heterocycles. The quantitative estimate of drug-likeness (QED) is 0.622. The van der Waals surface area contributed by atoms with Gasteiger partial charge in [0.05, 0.1) is 0 Å². The Morgan fingerprint density at radius 3 is 2.75 bits per heavy atom. The molecule has 1 heterocycles. The van der Waals surface area contributed by atoms with Gasteiger partial charge in [0.15, 0.2) is 0 Å². The zero-order valence-corrected chi connectivity index (χ0v) is 10.9. The van der Waals surface area contributed by atoms with E-state index in [9.17, 15) is 0 Å². The molecule has 1 aromatic rings. The van der Waals surface area contributed by atoms with Crippen LogP contribution >= 0.6 is 11.3 Å². The highest BCUT2D eigenvalue weighted by atomic mass is 32.1. The predicted molar refractivity (Wildman–Crippen MR) is 70.3 cm³/mol. The molecule has 1 unspecified atom stereocenters. The normalized spacial score (nSPS) is 19.9. The van der Waals surface area contributed by atoms with Gasteiger partial charge in [-0.05, 0) is 36.3 Å². The van der Waals surface area contributed by atoms with E-state index in [1.54, 1.807) is 0 Å². The molecule has 16 heavy (non-hydrogen) atoms. The smallest absolute Gasteiger partial charge is 0.0470 e. The Hall–Kier alpha value is -0.380. The van der Waals surface area contributed by atoms with Crippen LogP contribution in [-0.2, 0) is 0 Å². The lowest BCUT2D eigenvalue weighted by atomic mass is 9.84. The average Bonchev–Trinajstić information content (AvgIpc) is 2.74. The Morgan fingerprint density at radius 1 is 1.44 bits per heavy atom. The summed E-state index contributed by atoms with van der Waals surface area (Å²) in [5, 5.41) is 2.24. The molecule has 0 saturated heterocycles. The topological polar surface area (TPSA) is 38.0 Å². The minimum absolute atomic E-state index is 0.355. The molecule has 1 fully saturated rings. The minimum atomic E-state index is 0.355. The number of hydrogen-bond acceptors (Lipinski definition) is 3. The summed E-state index contributed by atoms with van der Waals surface area (Å²) in [5.74, 6) is 6.56. The van der Waals surface area contributed by atoms with Crippen molar-refractivity contribution in [1.82, 2.24) is 5.43 Å². The van der Waals surface area contributed by atoms with Gasteiger partial charge in [0.1, 0.15) is 0 Å². The molecule has 0 bridgehead atoms. The van der Waals surface area contributed by atoms with E-state index in [1.165, 1.54) is 49.0 Å². The van der Waals surface area contributed by atoms with Crippen molar-refractivity contribution in [2.75, 3.05) is 0 Å². The number of thiophene rings is 1. The molecular formula is C13H22N2S. The van der Waals surface area contributed by atoms with Crippen molar-refractivity contribution in [2.24, 2.45) is 11.8 Å². The maximum Gasteiger partial charge on any atom is 0.0470 e. The van der Waals surface area contributed by atoms with Gasteiger partial charge in [-0.2, -0.15) is 0 Å². The molecule has 0 aromatic carbocycles. The number of nitrogens with two attached hydrogens (primary N) is 1. The van der Waals surface area contributed by atoms with Crippen molar-refractivity contribution < 1.29 is 0 Å². The van der Waals surface area contributed by atoms with E-state index in [-0.39, 0.29) is 0 Å². The molecule has 0 spiro atoms. The third-order valence-corrected chi connectivity index (χ3v) is 4.53.